The van der Waals surface area contributed by atoms with Crippen molar-refractivity contribution in [3.63, 3.8) is 0 Å². The number of methoxy groups -OCH3 is 2. The number of halogens is 1. The Bertz CT molecular complexity index is 1470. The van der Waals surface area contributed by atoms with Gasteiger partial charge in [0.2, 0.25) is 0 Å². The van der Waals surface area contributed by atoms with Crippen molar-refractivity contribution in [3.8, 4) is 28.3 Å². The Hall–Kier alpha value is -4.17. The van der Waals surface area contributed by atoms with Gasteiger partial charge in [-0.25, -0.2) is 14.4 Å². The standard InChI is InChI=1S/C27H25FN4O3/c1-17-29-16-25(35-17)21-11-10-20(15-24(21)34-3)30-22-5-4-13-32-23(12-14-33-2)26(31-27(22)32)18-6-8-19(28)9-7-18/h4-11,13,15-16,30H,12,14H2,1-3H3. The Morgan fingerprint density at radius 1 is 1.09 bits per heavy atom. The van der Waals surface area contributed by atoms with Gasteiger partial charge in [-0.2, -0.15) is 0 Å². The average Bonchev–Trinajstić information content (AvgIpc) is 3.47. The van der Waals surface area contributed by atoms with Gasteiger partial charge in [0, 0.05) is 44.0 Å². The van der Waals surface area contributed by atoms with E-state index in [0.717, 1.165) is 39.5 Å². The van der Waals surface area contributed by atoms with Crippen LogP contribution in [0, 0.1) is 12.7 Å². The second-order valence-corrected chi connectivity index (χ2v) is 8.06. The van der Waals surface area contributed by atoms with E-state index in [0.29, 0.717) is 30.4 Å². The fourth-order valence-electron chi connectivity index (χ4n) is 4.10. The lowest BCUT2D eigenvalue weighted by atomic mass is 10.1. The van der Waals surface area contributed by atoms with E-state index >= 15 is 0 Å². The molecule has 0 radical (unpaired) electrons. The minimum atomic E-state index is -0.281. The Balaban J connectivity index is 1.55. The molecule has 3 heterocycles. The number of fused-ring (bicyclic) bond motifs is 1. The largest absolute Gasteiger partial charge is 0.496 e. The number of pyridine rings is 1. The van der Waals surface area contributed by atoms with Gasteiger partial charge in [0.25, 0.3) is 0 Å². The van der Waals surface area contributed by atoms with Crippen LogP contribution in [0.15, 0.2) is 71.4 Å². The summed E-state index contributed by atoms with van der Waals surface area (Å²) < 4.78 is 32.2. The summed E-state index contributed by atoms with van der Waals surface area (Å²) in [5.41, 5.74) is 5.87. The van der Waals surface area contributed by atoms with E-state index in [-0.39, 0.29) is 5.82 Å². The molecule has 0 unspecified atom stereocenters. The van der Waals surface area contributed by atoms with Gasteiger partial charge in [0.15, 0.2) is 17.3 Å². The summed E-state index contributed by atoms with van der Waals surface area (Å²) in [6.45, 7) is 2.34. The zero-order chi connectivity index (χ0) is 24.4. The summed E-state index contributed by atoms with van der Waals surface area (Å²) >= 11 is 0. The maximum Gasteiger partial charge on any atom is 0.191 e. The van der Waals surface area contributed by atoms with Gasteiger partial charge in [-0.1, -0.05) is 0 Å². The van der Waals surface area contributed by atoms with Crippen LogP contribution in [0.5, 0.6) is 5.75 Å². The Kier molecular flexibility index (Phi) is 6.20. The third-order valence-corrected chi connectivity index (χ3v) is 5.78. The highest BCUT2D eigenvalue weighted by molar-refractivity contribution is 5.80. The van der Waals surface area contributed by atoms with Crippen LogP contribution >= 0.6 is 0 Å². The number of rotatable bonds is 8. The molecular weight excluding hydrogens is 447 g/mol. The van der Waals surface area contributed by atoms with E-state index < -0.39 is 0 Å². The third-order valence-electron chi connectivity index (χ3n) is 5.78. The predicted octanol–water partition coefficient (Wildman–Crippen LogP) is 6.04. The van der Waals surface area contributed by atoms with Crippen molar-refractivity contribution < 1.29 is 18.3 Å². The van der Waals surface area contributed by atoms with Crippen LogP contribution in [0.1, 0.15) is 11.6 Å². The molecule has 0 amide bonds. The van der Waals surface area contributed by atoms with Crippen molar-refractivity contribution in [3.05, 3.63) is 84.4 Å². The number of hydrogen-bond donors (Lipinski definition) is 1. The number of ether oxygens (including phenoxy) is 2. The molecule has 0 bridgehead atoms. The summed E-state index contributed by atoms with van der Waals surface area (Å²) in [6.07, 6.45) is 4.32. The van der Waals surface area contributed by atoms with E-state index in [1.807, 2.05) is 40.9 Å². The van der Waals surface area contributed by atoms with Crippen molar-refractivity contribution >= 4 is 17.0 Å². The summed E-state index contributed by atoms with van der Waals surface area (Å²) in [5.74, 6) is 1.62. The Morgan fingerprint density at radius 3 is 2.63 bits per heavy atom. The van der Waals surface area contributed by atoms with Gasteiger partial charge in [0.05, 0.1) is 42.6 Å². The maximum absolute atomic E-state index is 13.5. The SMILES string of the molecule is COCCc1c(-c2ccc(F)cc2)nc2c(Nc3ccc(-c4cnc(C)o4)c(OC)c3)cccn12. The first kappa shape index (κ1) is 22.6. The normalized spacial score (nSPS) is 11.2. The number of aryl methyl sites for hydroxylation is 1. The van der Waals surface area contributed by atoms with Crippen molar-refractivity contribution in [1.82, 2.24) is 14.4 Å². The first-order valence-electron chi connectivity index (χ1n) is 11.2. The van der Waals surface area contributed by atoms with Gasteiger partial charge in [-0.3, -0.25) is 0 Å². The van der Waals surface area contributed by atoms with E-state index in [4.69, 9.17) is 18.9 Å². The number of anilines is 2. The predicted molar refractivity (Wildman–Crippen MR) is 133 cm³/mol. The molecule has 1 N–H and O–H groups in total. The molecular formula is C27H25FN4O3. The number of hydrogen-bond acceptors (Lipinski definition) is 6. The topological polar surface area (TPSA) is 73.8 Å². The summed E-state index contributed by atoms with van der Waals surface area (Å²) in [5, 5.41) is 3.46. The van der Waals surface area contributed by atoms with Crippen molar-refractivity contribution in [2.45, 2.75) is 13.3 Å². The highest BCUT2D eigenvalue weighted by atomic mass is 19.1. The van der Waals surface area contributed by atoms with E-state index in [1.165, 1.54) is 12.1 Å². The van der Waals surface area contributed by atoms with Gasteiger partial charge in [-0.15, -0.1) is 0 Å². The molecule has 0 aliphatic carbocycles. The van der Waals surface area contributed by atoms with Crippen LogP contribution in [0.25, 0.3) is 28.2 Å². The molecule has 0 aliphatic heterocycles. The van der Waals surface area contributed by atoms with Crippen LogP contribution in [0.4, 0.5) is 15.8 Å². The smallest absolute Gasteiger partial charge is 0.191 e. The molecule has 5 rings (SSSR count). The van der Waals surface area contributed by atoms with Crippen LogP contribution in [0.3, 0.4) is 0 Å². The number of benzene rings is 2. The lowest BCUT2D eigenvalue weighted by Gasteiger charge is -2.12. The Morgan fingerprint density at radius 2 is 1.91 bits per heavy atom. The molecule has 3 aromatic heterocycles. The number of nitrogens with zero attached hydrogens (tertiary/aromatic N) is 3. The fourth-order valence-corrected chi connectivity index (χ4v) is 4.10. The van der Waals surface area contributed by atoms with E-state index in [2.05, 4.69) is 10.3 Å². The zero-order valence-electron chi connectivity index (χ0n) is 19.7. The van der Waals surface area contributed by atoms with Gasteiger partial charge in [0.1, 0.15) is 11.6 Å². The van der Waals surface area contributed by atoms with Crippen LogP contribution < -0.4 is 10.1 Å². The number of oxazole rings is 1. The van der Waals surface area contributed by atoms with Crippen molar-refractivity contribution in [1.29, 1.82) is 0 Å². The van der Waals surface area contributed by atoms with Gasteiger partial charge in [-0.05, 0) is 48.5 Å². The average molecular weight is 473 g/mol. The third kappa shape index (κ3) is 4.48. The minimum Gasteiger partial charge on any atom is -0.496 e. The maximum atomic E-state index is 13.5. The molecule has 2 aromatic carbocycles. The quantitative estimate of drug-likeness (QED) is 0.297. The monoisotopic (exact) mass is 472 g/mol. The van der Waals surface area contributed by atoms with Gasteiger partial charge >= 0.3 is 0 Å². The van der Waals surface area contributed by atoms with Crippen LogP contribution in [-0.2, 0) is 11.2 Å². The van der Waals surface area contributed by atoms with Crippen LogP contribution in [0.2, 0.25) is 0 Å². The Labute approximate surface area is 202 Å². The second-order valence-electron chi connectivity index (χ2n) is 8.06. The highest BCUT2D eigenvalue weighted by Crippen LogP contribution is 2.35. The molecule has 5 aromatic rings. The number of nitrogens with one attached hydrogen (secondary N) is 1. The van der Waals surface area contributed by atoms with E-state index in [1.54, 1.807) is 39.5 Å². The molecule has 178 valence electrons. The van der Waals surface area contributed by atoms with Crippen LogP contribution in [-0.4, -0.2) is 35.2 Å². The zero-order valence-corrected chi connectivity index (χ0v) is 19.7. The highest BCUT2D eigenvalue weighted by Gasteiger charge is 2.17. The number of aromatic nitrogens is 3. The molecule has 35 heavy (non-hydrogen) atoms. The van der Waals surface area contributed by atoms with Crippen molar-refractivity contribution in [2.75, 3.05) is 26.1 Å². The molecule has 0 aliphatic rings. The molecule has 8 heteroatoms. The summed E-state index contributed by atoms with van der Waals surface area (Å²) in [4.78, 5) is 9.12. The summed E-state index contributed by atoms with van der Waals surface area (Å²) in [6, 6.07) is 16.1. The first-order valence-corrected chi connectivity index (χ1v) is 11.2. The fraction of sp³-hybridized carbons (Fsp3) is 0.185. The molecule has 0 saturated carbocycles. The minimum absolute atomic E-state index is 0.281. The molecule has 7 nitrogen and oxygen atoms in total. The molecule has 0 fully saturated rings. The first-order chi connectivity index (χ1) is 17.1. The van der Waals surface area contributed by atoms with Gasteiger partial charge < -0.3 is 23.6 Å². The number of imidazole rings is 1. The summed E-state index contributed by atoms with van der Waals surface area (Å²) in [7, 11) is 3.29. The molecule has 0 atom stereocenters. The molecule has 0 spiro atoms. The van der Waals surface area contributed by atoms with Crippen molar-refractivity contribution in [2.24, 2.45) is 0 Å². The lowest BCUT2D eigenvalue weighted by Crippen LogP contribution is -2.01. The molecule has 0 saturated heterocycles. The second kappa shape index (κ2) is 9.60. The van der Waals surface area contributed by atoms with E-state index in [9.17, 15) is 4.39 Å². The lowest BCUT2D eigenvalue weighted by molar-refractivity contribution is 0.201.